The van der Waals surface area contributed by atoms with Crippen molar-refractivity contribution in [2.24, 2.45) is 11.8 Å². The molecule has 2 aliphatic rings. The van der Waals surface area contributed by atoms with Crippen molar-refractivity contribution in [2.75, 3.05) is 17.6 Å². The van der Waals surface area contributed by atoms with Crippen molar-refractivity contribution in [3.63, 3.8) is 0 Å². The summed E-state index contributed by atoms with van der Waals surface area (Å²) < 4.78 is 0. The molecule has 1 heterocycles. The fraction of sp³-hybridized carbons (Fsp3) is 0.765. The van der Waals surface area contributed by atoms with Crippen LogP contribution in [0.3, 0.4) is 0 Å². The Balaban J connectivity index is 1.57. The maximum absolute atomic E-state index is 6.03. The van der Waals surface area contributed by atoms with Crippen LogP contribution in [-0.2, 0) is 0 Å². The summed E-state index contributed by atoms with van der Waals surface area (Å²) >= 11 is 0. The molecule has 2 aliphatic carbocycles. The van der Waals surface area contributed by atoms with E-state index in [1.165, 1.54) is 44.9 Å². The number of nitrogen functional groups attached to an aromatic ring is 1. The van der Waals surface area contributed by atoms with Crippen LogP contribution in [-0.4, -0.2) is 16.5 Å². The molecule has 1 aromatic heterocycles. The van der Waals surface area contributed by atoms with Gasteiger partial charge in [0.2, 0.25) is 0 Å². The van der Waals surface area contributed by atoms with Gasteiger partial charge < -0.3 is 11.1 Å². The zero-order chi connectivity index (χ0) is 14.8. The first kappa shape index (κ1) is 14.6. The Hall–Kier alpha value is -1.32. The summed E-state index contributed by atoms with van der Waals surface area (Å²) in [5.41, 5.74) is 7.03. The number of nitrogens with zero attached hydrogens (tertiary/aromatic N) is 2. The van der Waals surface area contributed by atoms with Crippen LogP contribution in [0, 0.1) is 18.8 Å². The van der Waals surface area contributed by atoms with Crippen molar-refractivity contribution < 1.29 is 0 Å². The summed E-state index contributed by atoms with van der Waals surface area (Å²) in [5.74, 6) is 4.86. The topological polar surface area (TPSA) is 63.8 Å². The van der Waals surface area contributed by atoms with Crippen molar-refractivity contribution in [1.82, 2.24) is 9.97 Å². The van der Waals surface area contributed by atoms with E-state index in [1.807, 2.05) is 6.92 Å². The lowest BCUT2D eigenvalue weighted by Crippen LogP contribution is -2.17. The second kappa shape index (κ2) is 6.20. The number of hydrogen-bond donors (Lipinski definition) is 2. The average Bonchev–Trinajstić information content (AvgIpc) is 3.28. The van der Waals surface area contributed by atoms with E-state index in [4.69, 9.17) is 10.7 Å². The first-order chi connectivity index (χ1) is 10.1. The van der Waals surface area contributed by atoms with E-state index in [-0.39, 0.29) is 0 Å². The number of rotatable bonds is 5. The van der Waals surface area contributed by atoms with E-state index in [0.717, 1.165) is 35.6 Å². The molecule has 4 heteroatoms. The van der Waals surface area contributed by atoms with Gasteiger partial charge in [-0.15, -0.1) is 0 Å². The Morgan fingerprint density at radius 1 is 1.19 bits per heavy atom. The predicted octanol–water partition coefficient (Wildman–Crippen LogP) is 3.87. The van der Waals surface area contributed by atoms with Gasteiger partial charge in [-0.05, 0) is 44.4 Å². The van der Waals surface area contributed by atoms with Gasteiger partial charge in [0.1, 0.15) is 17.5 Å². The summed E-state index contributed by atoms with van der Waals surface area (Å²) in [4.78, 5) is 9.12. The third-order valence-electron chi connectivity index (χ3n) is 5.03. The third kappa shape index (κ3) is 3.66. The SMILES string of the molecule is Cc1c(N)nc(C2CC2)nc1NCCC1CCCC(C)C1. The van der Waals surface area contributed by atoms with E-state index < -0.39 is 0 Å². The van der Waals surface area contributed by atoms with E-state index in [9.17, 15) is 0 Å². The predicted molar refractivity (Wildman–Crippen MR) is 87.4 cm³/mol. The zero-order valence-electron chi connectivity index (χ0n) is 13.4. The Bertz CT molecular complexity index is 496. The summed E-state index contributed by atoms with van der Waals surface area (Å²) in [5, 5.41) is 3.51. The Kier molecular flexibility index (Phi) is 4.32. The van der Waals surface area contributed by atoms with Crippen LogP contribution < -0.4 is 11.1 Å². The van der Waals surface area contributed by atoms with Gasteiger partial charge in [-0.3, -0.25) is 0 Å². The molecule has 0 aliphatic heterocycles. The molecule has 0 spiro atoms. The number of hydrogen-bond acceptors (Lipinski definition) is 4. The molecular weight excluding hydrogens is 260 g/mol. The molecule has 2 saturated carbocycles. The summed E-state index contributed by atoms with van der Waals surface area (Å²) in [6.45, 7) is 5.40. The monoisotopic (exact) mass is 288 g/mol. The lowest BCUT2D eigenvalue weighted by Gasteiger charge is -2.26. The quantitative estimate of drug-likeness (QED) is 0.863. The molecule has 0 aromatic carbocycles. The van der Waals surface area contributed by atoms with Gasteiger partial charge in [0.15, 0.2) is 0 Å². The van der Waals surface area contributed by atoms with Gasteiger partial charge in [-0.2, -0.15) is 0 Å². The Morgan fingerprint density at radius 3 is 2.71 bits per heavy atom. The molecule has 2 fully saturated rings. The second-order valence-corrected chi connectivity index (χ2v) is 7.07. The molecule has 21 heavy (non-hydrogen) atoms. The van der Waals surface area contributed by atoms with Gasteiger partial charge in [-0.1, -0.05) is 26.2 Å². The van der Waals surface area contributed by atoms with Crippen LogP contribution in [0.2, 0.25) is 0 Å². The number of nitrogens with one attached hydrogen (secondary N) is 1. The molecule has 3 rings (SSSR count). The Labute approximate surface area is 127 Å². The van der Waals surface area contributed by atoms with Gasteiger partial charge >= 0.3 is 0 Å². The zero-order valence-corrected chi connectivity index (χ0v) is 13.4. The van der Waals surface area contributed by atoms with Crippen molar-refractivity contribution in [1.29, 1.82) is 0 Å². The van der Waals surface area contributed by atoms with Crippen LogP contribution in [0.25, 0.3) is 0 Å². The first-order valence-corrected chi connectivity index (χ1v) is 8.51. The maximum Gasteiger partial charge on any atom is 0.136 e. The molecule has 2 atom stereocenters. The summed E-state index contributed by atoms with van der Waals surface area (Å²) in [6, 6.07) is 0. The first-order valence-electron chi connectivity index (χ1n) is 8.51. The maximum atomic E-state index is 6.03. The molecule has 0 amide bonds. The van der Waals surface area contributed by atoms with Crippen LogP contribution in [0.5, 0.6) is 0 Å². The fourth-order valence-electron chi connectivity index (χ4n) is 3.46. The van der Waals surface area contributed by atoms with Crippen LogP contribution in [0.1, 0.15) is 69.2 Å². The summed E-state index contributed by atoms with van der Waals surface area (Å²) in [7, 11) is 0. The fourth-order valence-corrected chi connectivity index (χ4v) is 3.46. The minimum atomic E-state index is 0.549. The van der Waals surface area contributed by atoms with Crippen LogP contribution in [0.15, 0.2) is 0 Å². The normalized spacial score (nSPS) is 25.8. The van der Waals surface area contributed by atoms with Gasteiger partial charge in [0.25, 0.3) is 0 Å². The summed E-state index contributed by atoms with van der Waals surface area (Å²) in [6.07, 6.45) is 9.26. The van der Waals surface area contributed by atoms with E-state index in [2.05, 4.69) is 17.2 Å². The highest BCUT2D eigenvalue weighted by molar-refractivity contribution is 5.55. The van der Waals surface area contributed by atoms with Gasteiger partial charge in [-0.25, -0.2) is 9.97 Å². The highest BCUT2D eigenvalue weighted by atomic mass is 15.1. The molecule has 0 radical (unpaired) electrons. The van der Waals surface area contributed by atoms with Gasteiger partial charge in [0.05, 0.1) is 0 Å². The molecule has 4 nitrogen and oxygen atoms in total. The van der Waals surface area contributed by atoms with E-state index in [1.54, 1.807) is 0 Å². The molecule has 2 unspecified atom stereocenters. The standard InChI is InChI=1S/C17H28N4/c1-11-4-3-5-13(10-11)8-9-19-16-12(2)15(18)20-17(21-16)14-6-7-14/h11,13-14H,3-10H2,1-2H3,(H3,18,19,20,21). The minimum absolute atomic E-state index is 0.549. The minimum Gasteiger partial charge on any atom is -0.383 e. The molecular formula is C17H28N4. The Morgan fingerprint density at radius 2 is 2.00 bits per heavy atom. The van der Waals surface area contributed by atoms with Crippen molar-refractivity contribution in [3.05, 3.63) is 11.4 Å². The molecule has 116 valence electrons. The molecule has 0 bridgehead atoms. The molecule has 1 aromatic rings. The third-order valence-corrected chi connectivity index (χ3v) is 5.03. The van der Waals surface area contributed by atoms with E-state index >= 15 is 0 Å². The second-order valence-electron chi connectivity index (χ2n) is 7.07. The van der Waals surface area contributed by atoms with Crippen molar-refractivity contribution >= 4 is 11.6 Å². The lowest BCUT2D eigenvalue weighted by atomic mass is 9.81. The molecule has 3 N–H and O–H groups in total. The van der Waals surface area contributed by atoms with Crippen molar-refractivity contribution in [3.8, 4) is 0 Å². The highest BCUT2D eigenvalue weighted by Crippen LogP contribution is 2.39. The van der Waals surface area contributed by atoms with E-state index in [0.29, 0.717) is 11.7 Å². The number of anilines is 2. The average molecular weight is 288 g/mol. The van der Waals surface area contributed by atoms with Gasteiger partial charge in [0, 0.05) is 18.0 Å². The number of nitrogens with two attached hydrogens (primary N) is 1. The highest BCUT2D eigenvalue weighted by Gasteiger charge is 2.28. The largest absolute Gasteiger partial charge is 0.383 e. The molecule has 0 saturated heterocycles. The van der Waals surface area contributed by atoms with Crippen LogP contribution in [0.4, 0.5) is 11.6 Å². The van der Waals surface area contributed by atoms with Crippen LogP contribution >= 0.6 is 0 Å². The van der Waals surface area contributed by atoms with Crippen molar-refractivity contribution in [2.45, 2.75) is 64.7 Å². The smallest absolute Gasteiger partial charge is 0.136 e. The lowest BCUT2D eigenvalue weighted by molar-refractivity contribution is 0.274. The number of aromatic nitrogens is 2.